The molecule has 0 aliphatic rings. The molecule has 0 aromatic carbocycles. The fourth-order valence-electron chi connectivity index (χ4n) is 0.299. The van der Waals surface area contributed by atoms with Crippen molar-refractivity contribution >= 4 is 0 Å². The first-order valence-electron chi connectivity index (χ1n) is 2.57. The van der Waals surface area contributed by atoms with Crippen molar-refractivity contribution in [3.8, 4) is 0 Å². The first-order valence-corrected chi connectivity index (χ1v) is 2.57. The molecular formula is C6H12N2. The fourth-order valence-corrected chi connectivity index (χ4v) is 0.299. The van der Waals surface area contributed by atoms with E-state index in [9.17, 15) is 0 Å². The summed E-state index contributed by atoms with van der Waals surface area (Å²) < 4.78 is 0. The largest absolute Gasteiger partial charge is 0.197 e. The summed E-state index contributed by atoms with van der Waals surface area (Å²) in [6, 6.07) is 0. The zero-order valence-electron chi connectivity index (χ0n) is 5.68. The maximum absolute atomic E-state index is 3.88. The molecule has 0 radical (unpaired) electrons. The van der Waals surface area contributed by atoms with Crippen molar-refractivity contribution in [2.24, 2.45) is 10.2 Å². The van der Waals surface area contributed by atoms with E-state index in [4.69, 9.17) is 0 Å². The molecule has 0 atom stereocenters. The molecule has 8 heavy (non-hydrogen) atoms. The summed E-state index contributed by atoms with van der Waals surface area (Å²) in [4.78, 5) is 0. The molecule has 0 saturated carbocycles. The Bertz CT molecular complexity index is 103. The van der Waals surface area contributed by atoms with Gasteiger partial charge in [-0.2, -0.15) is 10.2 Å². The van der Waals surface area contributed by atoms with E-state index < -0.39 is 0 Å². The van der Waals surface area contributed by atoms with Gasteiger partial charge in [0.15, 0.2) is 0 Å². The van der Waals surface area contributed by atoms with E-state index in [-0.39, 0.29) is 5.54 Å². The summed E-state index contributed by atoms with van der Waals surface area (Å²) >= 11 is 0. The molecule has 0 unspecified atom stereocenters. The van der Waals surface area contributed by atoms with Crippen LogP contribution in [0.25, 0.3) is 0 Å². The van der Waals surface area contributed by atoms with Crippen LogP contribution in [0, 0.1) is 0 Å². The Labute approximate surface area is 50.3 Å². The lowest BCUT2D eigenvalue weighted by Crippen LogP contribution is -2.09. The Morgan fingerprint density at radius 1 is 1.50 bits per heavy atom. The zero-order valence-corrected chi connectivity index (χ0v) is 5.68. The van der Waals surface area contributed by atoms with Crippen molar-refractivity contribution in [1.82, 2.24) is 0 Å². The molecule has 0 saturated heterocycles. The van der Waals surface area contributed by atoms with Crippen LogP contribution in [-0.4, -0.2) is 12.6 Å². The van der Waals surface area contributed by atoms with Gasteiger partial charge in [-0.1, -0.05) is 6.08 Å². The van der Waals surface area contributed by atoms with Gasteiger partial charge in [-0.25, -0.2) is 0 Å². The van der Waals surface area contributed by atoms with Crippen LogP contribution in [0.3, 0.4) is 0 Å². The van der Waals surface area contributed by atoms with Gasteiger partial charge < -0.3 is 0 Å². The Morgan fingerprint density at radius 3 is 2.12 bits per heavy atom. The number of nitrogens with zero attached hydrogens (tertiary/aromatic N) is 2. The molecule has 0 heterocycles. The predicted octanol–water partition coefficient (Wildman–Crippen LogP) is 2.03. The molecule has 0 rings (SSSR count). The summed E-state index contributed by atoms with van der Waals surface area (Å²) in [6.45, 7) is 7.50. The highest BCUT2D eigenvalue weighted by molar-refractivity contribution is 4.94. The topological polar surface area (TPSA) is 24.7 Å². The van der Waals surface area contributed by atoms with E-state index in [2.05, 4.69) is 16.8 Å². The van der Waals surface area contributed by atoms with Gasteiger partial charge >= 0.3 is 0 Å². The predicted molar refractivity (Wildman–Crippen MR) is 35.1 cm³/mol. The molecule has 2 heteroatoms. The van der Waals surface area contributed by atoms with Crippen LogP contribution in [-0.2, 0) is 0 Å². The molecule has 2 nitrogen and oxygen atoms in total. The van der Waals surface area contributed by atoms with Crippen LogP contribution in [0.5, 0.6) is 0 Å². The normalized spacial score (nSPS) is 12.4. The fraction of sp³-hybridized carbons (Fsp3) is 0.667. The maximum atomic E-state index is 3.88. The highest BCUT2D eigenvalue weighted by atomic mass is 15.1. The highest BCUT2D eigenvalue weighted by Gasteiger charge is 2.08. The van der Waals surface area contributed by atoms with E-state index in [0.717, 1.165) is 0 Å². The SMILES string of the molecule is C=CC(C)(C)N=NC. The summed E-state index contributed by atoms with van der Waals surface area (Å²) in [5.74, 6) is 0. The van der Waals surface area contributed by atoms with E-state index in [1.54, 1.807) is 13.1 Å². The van der Waals surface area contributed by atoms with Crippen LogP contribution in [0.2, 0.25) is 0 Å². The van der Waals surface area contributed by atoms with Gasteiger partial charge in [0.2, 0.25) is 0 Å². The van der Waals surface area contributed by atoms with Crippen LogP contribution < -0.4 is 0 Å². The van der Waals surface area contributed by atoms with Crippen molar-refractivity contribution < 1.29 is 0 Å². The standard InChI is InChI=1S/C6H12N2/c1-5-6(2,3)8-7-4/h5H,1H2,2-4H3. The van der Waals surface area contributed by atoms with Gasteiger partial charge in [-0.05, 0) is 13.8 Å². The molecule has 46 valence electrons. The number of hydrogen-bond donors (Lipinski definition) is 0. The first kappa shape index (κ1) is 7.34. The van der Waals surface area contributed by atoms with E-state index in [1.807, 2.05) is 13.8 Å². The third-order valence-electron chi connectivity index (χ3n) is 0.857. The maximum Gasteiger partial charge on any atom is 0.0936 e. The molecule has 0 bridgehead atoms. The van der Waals surface area contributed by atoms with E-state index in [1.165, 1.54) is 0 Å². The van der Waals surface area contributed by atoms with Crippen LogP contribution in [0.4, 0.5) is 0 Å². The molecule has 0 fully saturated rings. The second kappa shape index (κ2) is 2.60. The number of hydrogen-bond acceptors (Lipinski definition) is 2. The quantitative estimate of drug-likeness (QED) is 0.385. The second-order valence-electron chi connectivity index (χ2n) is 2.16. The van der Waals surface area contributed by atoms with Gasteiger partial charge in [0.05, 0.1) is 5.54 Å². The Hall–Kier alpha value is -0.660. The lowest BCUT2D eigenvalue weighted by atomic mass is 10.1. The third kappa shape index (κ3) is 2.50. The zero-order chi connectivity index (χ0) is 6.62. The third-order valence-corrected chi connectivity index (χ3v) is 0.857. The number of azo groups is 1. The van der Waals surface area contributed by atoms with Gasteiger partial charge in [0.25, 0.3) is 0 Å². The molecule has 0 aliphatic carbocycles. The highest BCUT2D eigenvalue weighted by Crippen LogP contribution is 2.08. The summed E-state index contributed by atoms with van der Waals surface area (Å²) in [7, 11) is 1.66. The van der Waals surface area contributed by atoms with Gasteiger partial charge in [-0.15, -0.1) is 6.58 Å². The molecule has 0 aliphatic heterocycles. The molecular weight excluding hydrogens is 100 g/mol. The Kier molecular flexibility index (Phi) is 2.38. The summed E-state index contributed by atoms with van der Waals surface area (Å²) in [5.41, 5.74) is -0.186. The van der Waals surface area contributed by atoms with Crippen molar-refractivity contribution in [3.63, 3.8) is 0 Å². The van der Waals surface area contributed by atoms with Crippen molar-refractivity contribution in [3.05, 3.63) is 12.7 Å². The minimum Gasteiger partial charge on any atom is -0.197 e. The Morgan fingerprint density at radius 2 is 2.00 bits per heavy atom. The van der Waals surface area contributed by atoms with Crippen molar-refractivity contribution in [2.45, 2.75) is 19.4 Å². The van der Waals surface area contributed by atoms with Crippen molar-refractivity contribution in [2.75, 3.05) is 7.05 Å². The average Bonchev–Trinajstić information content (AvgIpc) is 1.67. The minimum atomic E-state index is -0.186. The average molecular weight is 112 g/mol. The van der Waals surface area contributed by atoms with Crippen LogP contribution >= 0.6 is 0 Å². The molecule has 0 amide bonds. The molecule has 0 spiro atoms. The molecule has 0 N–H and O–H groups in total. The lowest BCUT2D eigenvalue weighted by Gasteiger charge is -2.09. The van der Waals surface area contributed by atoms with Crippen molar-refractivity contribution in [1.29, 1.82) is 0 Å². The molecule has 0 aromatic heterocycles. The first-order chi connectivity index (χ1) is 3.62. The smallest absolute Gasteiger partial charge is 0.0936 e. The monoisotopic (exact) mass is 112 g/mol. The Balaban J connectivity index is 3.90. The second-order valence-corrected chi connectivity index (χ2v) is 2.16. The van der Waals surface area contributed by atoms with Gasteiger partial charge in [0.1, 0.15) is 0 Å². The van der Waals surface area contributed by atoms with Crippen LogP contribution in [0.15, 0.2) is 22.9 Å². The van der Waals surface area contributed by atoms with Crippen LogP contribution in [0.1, 0.15) is 13.8 Å². The van der Waals surface area contributed by atoms with E-state index in [0.29, 0.717) is 0 Å². The van der Waals surface area contributed by atoms with Gasteiger partial charge in [-0.3, -0.25) is 0 Å². The minimum absolute atomic E-state index is 0.186. The van der Waals surface area contributed by atoms with Gasteiger partial charge in [0, 0.05) is 7.05 Å². The lowest BCUT2D eigenvalue weighted by molar-refractivity contribution is 0.615. The summed E-state index contributed by atoms with van der Waals surface area (Å²) in [6.07, 6.45) is 1.76. The van der Waals surface area contributed by atoms with E-state index >= 15 is 0 Å². The molecule has 0 aromatic rings. The summed E-state index contributed by atoms with van der Waals surface area (Å²) in [5, 5.41) is 7.51. The number of rotatable bonds is 2.